The second-order valence-corrected chi connectivity index (χ2v) is 7.06. The highest BCUT2D eigenvalue weighted by Crippen LogP contribution is 2.30. The average molecular weight is 409 g/mol. The van der Waals surface area contributed by atoms with Gasteiger partial charge >= 0.3 is 5.97 Å². The van der Waals surface area contributed by atoms with E-state index in [0.717, 1.165) is 8.66 Å². The summed E-state index contributed by atoms with van der Waals surface area (Å²) in [5.41, 5.74) is 0.691. The Bertz CT molecular complexity index is 874. The van der Waals surface area contributed by atoms with E-state index in [4.69, 9.17) is 9.15 Å². The summed E-state index contributed by atoms with van der Waals surface area (Å²) in [6, 6.07) is 9.47. The first-order valence-corrected chi connectivity index (χ1v) is 8.39. The van der Waals surface area contributed by atoms with Crippen molar-refractivity contribution < 1.29 is 18.3 Å². The molecule has 0 bridgehead atoms. The molecule has 2 aromatic heterocycles. The molecule has 0 aliphatic heterocycles. The Morgan fingerprint density at radius 2 is 2.04 bits per heavy atom. The number of rotatable bonds is 5. The molecule has 3 aromatic rings. The maximum atomic E-state index is 12.8. The van der Waals surface area contributed by atoms with E-state index in [1.54, 1.807) is 12.1 Å². The second kappa shape index (κ2) is 7.50. The third-order valence-electron chi connectivity index (χ3n) is 2.87. The number of ether oxygens (including phenoxy) is 1. The Hall–Kier alpha value is -2.32. The molecular formula is C16H10BrFN2O3S. The Kier molecular flexibility index (Phi) is 5.17. The van der Waals surface area contributed by atoms with Crippen LogP contribution in [0, 0.1) is 5.82 Å². The van der Waals surface area contributed by atoms with Gasteiger partial charge in [-0.2, -0.15) is 0 Å². The third-order valence-corrected chi connectivity index (χ3v) is 4.48. The van der Waals surface area contributed by atoms with Gasteiger partial charge < -0.3 is 9.15 Å². The van der Waals surface area contributed by atoms with Gasteiger partial charge in [0.1, 0.15) is 5.82 Å². The summed E-state index contributed by atoms with van der Waals surface area (Å²) in [6.45, 7) is -0.119. The van der Waals surface area contributed by atoms with E-state index in [1.807, 2.05) is 12.1 Å². The lowest BCUT2D eigenvalue weighted by Gasteiger charge is -1.97. The molecule has 3 rings (SSSR count). The second-order valence-electron chi connectivity index (χ2n) is 4.60. The highest BCUT2D eigenvalue weighted by molar-refractivity contribution is 9.11. The first kappa shape index (κ1) is 16.5. The number of thiophene rings is 1. The zero-order valence-corrected chi connectivity index (χ0v) is 14.5. The van der Waals surface area contributed by atoms with E-state index in [1.165, 1.54) is 35.6 Å². The summed E-state index contributed by atoms with van der Waals surface area (Å²) in [6.07, 6.45) is 2.78. The van der Waals surface area contributed by atoms with E-state index in [-0.39, 0.29) is 18.3 Å². The van der Waals surface area contributed by atoms with Crippen LogP contribution >= 0.6 is 27.3 Å². The van der Waals surface area contributed by atoms with Crippen molar-refractivity contribution in [3.8, 4) is 10.8 Å². The van der Waals surface area contributed by atoms with Gasteiger partial charge in [-0.1, -0.05) is 12.1 Å². The van der Waals surface area contributed by atoms with Gasteiger partial charge in [-0.25, -0.2) is 9.18 Å². The number of aromatic nitrogens is 2. The summed E-state index contributed by atoms with van der Waals surface area (Å²) < 4.78 is 24.2. The van der Waals surface area contributed by atoms with Gasteiger partial charge in [0.05, 0.1) is 8.66 Å². The lowest BCUT2D eigenvalue weighted by atomic mass is 10.2. The summed E-state index contributed by atoms with van der Waals surface area (Å²) >= 11 is 4.82. The lowest BCUT2D eigenvalue weighted by molar-refractivity contribution is -0.139. The SMILES string of the molecule is O=C(/C=C/c1ccc(F)cc1)OCc1nnc(-c2ccc(Br)s2)o1. The molecule has 0 atom stereocenters. The van der Waals surface area contributed by atoms with Crippen molar-refractivity contribution in [3.63, 3.8) is 0 Å². The third kappa shape index (κ3) is 4.36. The number of carbonyl (C=O) groups is 1. The summed E-state index contributed by atoms with van der Waals surface area (Å²) in [7, 11) is 0. The van der Waals surface area contributed by atoms with E-state index in [9.17, 15) is 9.18 Å². The Morgan fingerprint density at radius 3 is 2.75 bits per heavy atom. The van der Waals surface area contributed by atoms with Gasteiger partial charge in [-0.15, -0.1) is 21.5 Å². The van der Waals surface area contributed by atoms with Gasteiger partial charge in [-0.3, -0.25) is 0 Å². The molecule has 5 nitrogen and oxygen atoms in total. The van der Waals surface area contributed by atoms with E-state index in [2.05, 4.69) is 26.1 Å². The predicted octanol–water partition coefficient (Wildman–Crippen LogP) is 4.46. The van der Waals surface area contributed by atoms with Gasteiger partial charge in [0.15, 0.2) is 6.61 Å². The standard InChI is InChI=1S/C16H10BrFN2O3S/c17-13-7-6-12(24-13)16-20-19-14(23-16)9-22-15(21)8-3-10-1-4-11(18)5-2-10/h1-8H,9H2/b8-3+. The van der Waals surface area contributed by atoms with Crippen LogP contribution in [-0.2, 0) is 16.1 Å². The Morgan fingerprint density at radius 1 is 1.25 bits per heavy atom. The normalized spacial score (nSPS) is 11.1. The van der Waals surface area contributed by atoms with Gasteiger partial charge in [-0.05, 0) is 51.8 Å². The van der Waals surface area contributed by atoms with Crippen LogP contribution < -0.4 is 0 Å². The molecule has 0 radical (unpaired) electrons. The van der Waals surface area contributed by atoms with Gasteiger partial charge in [0.25, 0.3) is 11.8 Å². The van der Waals surface area contributed by atoms with E-state index in [0.29, 0.717) is 11.5 Å². The number of benzene rings is 1. The first-order valence-electron chi connectivity index (χ1n) is 6.78. The molecule has 0 aliphatic rings. The quantitative estimate of drug-likeness (QED) is 0.460. The van der Waals surface area contributed by atoms with Crippen molar-refractivity contribution in [2.75, 3.05) is 0 Å². The predicted molar refractivity (Wildman–Crippen MR) is 90.5 cm³/mol. The Labute approximate surface area is 148 Å². The van der Waals surface area contributed by atoms with Crippen LogP contribution in [0.3, 0.4) is 0 Å². The van der Waals surface area contributed by atoms with Crippen LogP contribution in [0.25, 0.3) is 16.8 Å². The number of halogens is 2. The molecule has 0 N–H and O–H groups in total. The summed E-state index contributed by atoms with van der Waals surface area (Å²) in [5, 5.41) is 7.74. The number of carbonyl (C=O) groups excluding carboxylic acids is 1. The molecule has 2 heterocycles. The zero-order chi connectivity index (χ0) is 16.9. The minimum atomic E-state index is -0.557. The molecular weight excluding hydrogens is 399 g/mol. The molecule has 1 aromatic carbocycles. The van der Waals surface area contributed by atoms with Crippen LogP contribution in [0.15, 0.2) is 50.7 Å². The van der Waals surface area contributed by atoms with Crippen molar-refractivity contribution in [2.45, 2.75) is 6.61 Å². The monoisotopic (exact) mass is 408 g/mol. The molecule has 0 saturated heterocycles. The summed E-state index contributed by atoms with van der Waals surface area (Å²) in [5.74, 6) is -0.311. The molecule has 122 valence electrons. The van der Waals surface area contributed by atoms with Crippen LogP contribution in [0.4, 0.5) is 4.39 Å². The zero-order valence-electron chi connectivity index (χ0n) is 12.1. The van der Waals surface area contributed by atoms with Crippen molar-refractivity contribution in [3.05, 3.63) is 63.5 Å². The van der Waals surface area contributed by atoms with Crippen LogP contribution in [0.2, 0.25) is 0 Å². The summed E-state index contributed by atoms with van der Waals surface area (Å²) in [4.78, 5) is 12.5. The van der Waals surface area contributed by atoms with Gasteiger partial charge in [0.2, 0.25) is 0 Å². The van der Waals surface area contributed by atoms with Crippen LogP contribution in [-0.4, -0.2) is 16.2 Å². The first-order chi connectivity index (χ1) is 11.6. The fourth-order valence-electron chi connectivity index (χ4n) is 1.76. The van der Waals surface area contributed by atoms with Crippen molar-refractivity contribution in [1.29, 1.82) is 0 Å². The maximum Gasteiger partial charge on any atom is 0.331 e. The minimum Gasteiger partial charge on any atom is -0.452 e. The smallest absolute Gasteiger partial charge is 0.331 e. The fourth-order valence-corrected chi connectivity index (χ4v) is 3.07. The fraction of sp³-hybridized carbons (Fsp3) is 0.0625. The highest BCUT2D eigenvalue weighted by Gasteiger charge is 2.11. The largest absolute Gasteiger partial charge is 0.452 e. The molecule has 0 saturated carbocycles. The maximum absolute atomic E-state index is 12.8. The van der Waals surface area contributed by atoms with Gasteiger partial charge in [0, 0.05) is 6.08 Å². The molecule has 0 unspecified atom stereocenters. The molecule has 0 spiro atoms. The number of hydrogen-bond donors (Lipinski definition) is 0. The molecule has 0 fully saturated rings. The van der Waals surface area contributed by atoms with Crippen molar-refractivity contribution in [2.24, 2.45) is 0 Å². The van der Waals surface area contributed by atoms with Crippen molar-refractivity contribution >= 4 is 39.3 Å². The molecule has 24 heavy (non-hydrogen) atoms. The van der Waals surface area contributed by atoms with E-state index >= 15 is 0 Å². The average Bonchev–Trinajstić information content (AvgIpc) is 3.21. The topological polar surface area (TPSA) is 65.2 Å². The lowest BCUT2D eigenvalue weighted by Crippen LogP contribution is -2.00. The highest BCUT2D eigenvalue weighted by atomic mass is 79.9. The molecule has 0 amide bonds. The van der Waals surface area contributed by atoms with Crippen LogP contribution in [0.1, 0.15) is 11.5 Å². The molecule has 0 aliphatic carbocycles. The van der Waals surface area contributed by atoms with E-state index < -0.39 is 5.97 Å². The van der Waals surface area contributed by atoms with Crippen LogP contribution in [0.5, 0.6) is 0 Å². The number of esters is 1. The Balaban J connectivity index is 1.55. The van der Waals surface area contributed by atoms with Crippen molar-refractivity contribution in [1.82, 2.24) is 10.2 Å². The number of nitrogens with zero attached hydrogens (tertiary/aromatic N) is 2. The number of hydrogen-bond acceptors (Lipinski definition) is 6. The molecule has 8 heteroatoms. The minimum absolute atomic E-state index is 0.119.